The van der Waals surface area contributed by atoms with E-state index < -0.39 is 5.97 Å². The van der Waals surface area contributed by atoms with Crippen LogP contribution >= 0.6 is 0 Å². The Labute approximate surface area is 104 Å². The zero-order valence-electron chi connectivity index (χ0n) is 9.29. The van der Waals surface area contributed by atoms with Gasteiger partial charge in [-0.2, -0.15) is 15.8 Å². The fourth-order valence-corrected chi connectivity index (χ4v) is 1.43. The van der Waals surface area contributed by atoms with Crippen molar-refractivity contribution in [1.82, 2.24) is 0 Å². The molecule has 6 nitrogen and oxygen atoms in total. The number of carboxylic acids is 1. The Bertz CT molecular complexity index is 574. The summed E-state index contributed by atoms with van der Waals surface area (Å²) < 4.78 is 0. The molecular formula is C12H8N4O2. The number of benzene rings is 1. The van der Waals surface area contributed by atoms with Crippen molar-refractivity contribution in [3.05, 3.63) is 29.3 Å². The van der Waals surface area contributed by atoms with Gasteiger partial charge < -0.3 is 10.0 Å². The smallest absolute Gasteiger partial charge is 0.335 e. The zero-order chi connectivity index (χ0) is 13.5. The second kappa shape index (κ2) is 5.89. The second-order valence-electron chi connectivity index (χ2n) is 3.32. The summed E-state index contributed by atoms with van der Waals surface area (Å²) in [5.74, 6) is -1.13. The summed E-state index contributed by atoms with van der Waals surface area (Å²) in [4.78, 5) is 12.2. The molecule has 0 aliphatic carbocycles. The first kappa shape index (κ1) is 13.0. The van der Waals surface area contributed by atoms with E-state index in [1.165, 1.54) is 23.1 Å². The lowest BCUT2D eigenvalue weighted by molar-refractivity contribution is 0.0697. The Morgan fingerprint density at radius 1 is 1.22 bits per heavy atom. The van der Waals surface area contributed by atoms with Crippen molar-refractivity contribution in [3.8, 4) is 18.2 Å². The first-order valence-corrected chi connectivity index (χ1v) is 4.90. The third-order valence-corrected chi connectivity index (χ3v) is 2.23. The zero-order valence-corrected chi connectivity index (χ0v) is 9.29. The topological polar surface area (TPSA) is 112 Å². The third kappa shape index (κ3) is 2.75. The highest BCUT2D eigenvalue weighted by Gasteiger charge is 2.13. The highest BCUT2D eigenvalue weighted by Crippen LogP contribution is 2.21. The van der Waals surface area contributed by atoms with Crippen LogP contribution in [0.2, 0.25) is 0 Å². The molecule has 0 amide bonds. The molecule has 0 atom stereocenters. The van der Waals surface area contributed by atoms with Gasteiger partial charge in [0.15, 0.2) is 0 Å². The van der Waals surface area contributed by atoms with E-state index in [1.807, 2.05) is 18.2 Å². The van der Waals surface area contributed by atoms with Crippen molar-refractivity contribution in [2.45, 2.75) is 0 Å². The SMILES string of the molecule is N#CCN(CC#N)c1ccc(C(=O)O)cc1C#N. The minimum absolute atomic E-state index is 0.0100. The fraction of sp³-hybridized carbons (Fsp3) is 0.167. The van der Waals surface area contributed by atoms with Crippen LogP contribution in [0.15, 0.2) is 18.2 Å². The molecule has 0 aliphatic rings. The first-order chi connectivity index (χ1) is 8.63. The number of rotatable bonds is 4. The minimum atomic E-state index is -1.13. The molecule has 18 heavy (non-hydrogen) atoms. The van der Waals surface area contributed by atoms with E-state index in [1.54, 1.807) is 0 Å². The van der Waals surface area contributed by atoms with Gasteiger partial charge in [-0.1, -0.05) is 0 Å². The van der Waals surface area contributed by atoms with E-state index in [0.29, 0.717) is 5.69 Å². The number of hydrogen-bond acceptors (Lipinski definition) is 5. The van der Waals surface area contributed by atoms with Gasteiger partial charge in [0.1, 0.15) is 19.2 Å². The lowest BCUT2D eigenvalue weighted by Gasteiger charge is -2.19. The molecule has 6 heteroatoms. The summed E-state index contributed by atoms with van der Waals surface area (Å²) in [6.45, 7) is -0.0939. The summed E-state index contributed by atoms with van der Waals surface area (Å²) in [6.07, 6.45) is 0. The Morgan fingerprint density at radius 3 is 2.28 bits per heavy atom. The van der Waals surface area contributed by atoms with Crippen molar-refractivity contribution in [2.24, 2.45) is 0 Å². The molecule has 0 heterocycles. The van der Waals surface area contributed by atoms with Gasteiger partial charge >= 0.3 is 5.97 Å². The normalized spacial score (nSPS) is 8.72. The molecule has 0 spiro atoms. The molecule has 0 saturated heterocycles. The molecule has 1 N–H and O–H groups in total. The van der Waals surface area contributed by atoms with E-state index in [2.05, 4.69) is 0 Å². The standard InChI is InChI=1S/C12H8N4O2/c13-3-5-16(6-4-14)11-2-1-9(12(17)18)7-10(11)8-15/h1-2,7H,5-6H2,(H,17,18). The van der Waals surface area contributed by atoms with Gasteiger partial charge in [-0.05, 0) is 18.2 Å². The van der Waals surface area contributed by atoms with E-state index in [4.69, 9.17) is 20.9 Å². The van der Waals surface area contributed by atoms with Crippen LogP contribution in [0.25, 0.3) is 0 Å². The maximum atomic E-state index is 10.8. The van der Waals surface area contributed by atoms with Crippen molar-refractivity contribution in [3.63, 3.8) is 0 Å². The van der Waals surface area contributed by atoms with Crippen LogP contribution in [0.4, 0.5) is 5.69 Å². The van der Waals surface area contributed by atoms with Gasteiger partial charge in [0, 0.05) is 0 Å². The van der Waals surface area contributed by atoms with Gasteiger partial charge in [0.2, 0.25) is 0 Å². The van der Waals surface area contributed by atoms with Gasteiger partial charge in [0.25, 0.3) is 0 Å². The molecule has 88 valence electrons. The molecule has 0 unspecified atom stereocenters. The van der Waals surface area contributed by atoms with E-state index in [0.717, 1.165) is 0 Å². The summed E-state index contributed by atoms with van der Waals surface area (Å²) in [6, 6.07) is 9.62. The quantitative estimate of drug-likeness (QED) is 0.789. The molecular weight excluding hydrogens is 232 g/mol. The van der Waals surface area contributed by atoms with Crippen LogP contribution in [0.3, 0.4) is 0 Å². The molecule has 1 aromatic carbocycles. The van der Waals surface area contributed by atoms with Crippen LogP contribution in [0.1, 0.15) is 15.9 Å². The fourth-order valence-electron chi connectivity index (χ4n) is 1.43. The lowest BCUT2D eigenvalue weighted by atomic mass is 10.1. The molecule has 0 fully saturated rings. The third-order valence-electron chi connectivity index (χ3n) is 2.23. The number of hydrogen-bond donors (Lipinski definition) is 1. The summed E-state index contributed by atoms with van der Waals surface area (Å²) in [5.41, 5.74) is 0.496. The van der Waals surface area contributed by atoms with Crippen molar-refractivity contribution in [2.75, 3.05) is 18.0 Å². The summed E-state index contributed by atoms with van der Waals surface area (Å²) >= 11 is 0. The maximum Gasteiger partial charge on any atom is 0.335 e. The molecule has 0 saturated carbocycles. The van der Waals surface area contributed by atoms with E-state index in [-0.39, 0.29) is 24.2 Å². The van der Waals surface area contributed by atoms with Crippen LogP contribution in [-0.4, -0.2) is 24.2 Å². The number of aromatic carboxylic acids is 1. The van der Waals surface area contributed by atoms with E-state index >= 15 is 0 Å². The predicted octanol–water partition coefficient (Wildman–Crippen LogP) is 1.11. The average Bonchev–Trinajstić information content (AvgIpc) is 2.37. The van der Waals surface area contributed by atoms with Gasteiger partial charge in [-0.15, -0.1) is 0 Å². The molecule has 1 rings (SSSR count). The Hall–Kier alpha value is -3.04. The number of anilines is 1. The molecule has 0 aromatic heterocycles. The number of carboxylic acid groups (broad SMARTS) is 1. The van der Waals surface area contributed by atoms with Crippen molar-refractivity contribution in [1.29, 1.82) is 15.8 Å². The predicted molar refractivity (Wildman–Crippen MR) is 61.6 cm³/mol. The summed E-state index contributed by atoms with van der Waals surface area (Å²) in [7, 11) is 0. The minimum Gasteiger partial charge on any atom is -0.478 e. The highest BCUT2D eigenvalue weighted by molar-refractivity contribution is 5.89. The summed E-state index contributed by atoms with van der Waals surface area (Å²) in [5, 5.41) is 35.1. The van der Waals surface area contributed by atoms with Crippen molar-refractivity contribution >= 4 is 11.7 Å². The number of nitriles is 3. The van der Waals surface area contributed by atoms with Gasteiger partial charge in [-0.3, -0.25) is 0 Å². The van der Waals surface area contributed by atoms with Crippen LogP contribution in [-0.2, 0) is 0 Å². The van der Waals surface area contributed by atoms with Crippen LogP contribution < -0.4 is 4.90 Å². The lowest BCUT2D eigenvalue weighted by Crippen LogP contribution is -2.24. The Kier molecular flexibility index (Phi) is 4.26. The van der Waals surface area contributed by atoms with Gasteiger partial charge in [-0.25, -0.2) is 4.79 Å². The van der Waals surface area contributed by atoms with E-state index in [9.17, 15) is 4.79 Å². The van der Waals surface area contributed by atoms with Crippen LogP contribution in [0.5, 0.6) is 0 Å². The first-order valence-electron chi connectivity index (χ1n) is 4.90. The molecule has 0 radical (unpaired) electrons. The number of nitrogens with zero attached hydrogens (tertiary/aromatic N) is 4. The average molecular weight is 240 g/mol. The van der Waals surface area contributed by atoms with Gasteiger partial charge in [0.05, 0.1) is 29.0 Å². The largest absolute Gasteiger partial charge is 0.478 e. The molecule has 0 aliphatic heterocycles. The molecule has 1 aromatic rings. The second-order valence-corrected chi connectivity index (χ2v) is 3.32. The highest BCUT2D eigenvalue weighted by atomic mass is 16.4. The maximum absolute atomic E-state index is 10.8. The molecule has 0 bridgehead atoms. The monoisotopic (exact) mass is 240 g/mol. The van der Waals surface area contributed by atoms with Crippen LogP contribution in [0, 0.1) is 34.0 Å². The Morgan fingerprint density at radius 2 is 1.83 bits per heavy atom. The number of carbonyl (C=O) groups is 1. The van der Waals surface area contributed by atoms with Crippen molar-refractivity contribution < 1.29 is 9.90 Å². The Balaban J connectivity index is 3.24.